The van der Waals surface area contributed by atoms with E-state index in [1.807, 2.05) is 61.5 Å². The Bertz CT molecular complexity index is 749. The highest BCUT2D eigenvalue weighted by atomic mass is 15.4. The fraction of sp³-hybridized carbons (Fsp3) is 0.188. The third-order valence-electron chi connectivity index (χ3n) is 3.55. The highest BCUT2D eigenvalue weighted by Crippen LogP contribution is 2.27. The molecule has 1 aromatic heterocycles. The Balaban J connectivity index is 1.98. The van der Waals surface area contributed by atoms with E-state index in [4.69, 9.17) is 5.26 Å². The lowest BCUT2D eigenvalue weighted by molar-refractivity contribution is 0.347. The molecule has 1 aliphatic heterocycles. The van der Waals surface area contributed by atoms with E-state index in [0.717, 1.165) is 11.4 Å². The molecule has 1 aromatic carbocycles. The Morgan fingerprint density at radius 1 is 1.19 bits per heavy atom. The summed E-state index contributed by atoms with van der Waals surface area (Å²) in [6.07, 6.45) is 5.70. The van der Waals surface area contributed by atoms with E-state index >= 15 is 0 Å². The summed E-state index contributed by atoms with van der Waals surface area (Å²) in [5.41, 5.74) is 1.60. The van der Waals surface area contributed by atoms with Crippen molar-refractivity contribution in [3.63, 3.8) is 0 Å². The first-order valence-corrected chi connectivity index (χ1v) is 6.68. The van der Waals surface area contributed by atoms with Crippen LogP contribution in [0.1, 0.15) is 11.9 Å². The van der Waals surface area contributed by atoms with Gasteiger partial charge in [-0.15, -0.1) is 0 Å². The van der Waals surface area contributed by atoms with Gasteiger partial charge in [0.15, 0.2) is 11.6 Å². The van der Waals surface area contributed by atoms with E-state index in [9.17, 15) is 0 Å². The van der Waals surface area contributed by atoms with Crippen LogP contribution in [0, 0.1) is 11.3 Å². The summed E-state index contributed by atoms with van der Waals surface area (Å²) in [6, 6.07) is 12.0. The smallest absolute Gasteiger partial charge is 0.181 e. The van der Waals surface area contributed by atoms with Gasteiger partial charge in [-0.2, -0.15) is 10.4 Å². The molecule has 2 heterocycles. The number of hydrogen-bond acceptors (Lipinski definition) is 4. The monoisotopic (exact) mass is 277 g/mol. The molecular formula is C16H15N5. The molecule has 5 nitrogen and oxygen atoms in total. The third kappa shape index (κ3) is 2.32. The van der Waals surface area contributed by atoms with E-state index in [1.165, 1.54) is 0 Å². The lowest BCUT2D eigenvalue weighted by Gasteiger charge is -2.27. The summed E-state index contributed by atoms with van der Waals surface area (Å²) in [4.78, 5) is 6.55. The Labute approximate surface area is 123 Å². The van der Waals surface area contributed by atoms with Gasteiger partial charge in [0.2, 0.25) is 0 Å². The number of nitrogens with zero attached hydrogens (tertiary/aromatic N) is 5. The van der Waals surface area contributed by atoms with Crippen molar-refractivity contribution < 1.29 is 0 Å². The first-order valence-electron chi connectivity index (χ1n) is 6.68. The largest absolute Gasteiger partial charge is 0.352 e. The van der Waals surface area contributed by atoms with Crippen LogP contribution in [0.25, 0.3) is 11.4 Å². The van der Waals surface area contributed by atoms with Crippen LogP contribution in [-0.4, -0.2) is 26.7 Å². The average Bonchev–Trinajstić information content (AvgIpc) is 2.90. The molecule has 0 saturated carbocycles. The molecule has 0 radical (unpaired) electrons. The summed E-state index contributed by atoms with van der Waals surface area (Å²) >= 11 is 0. The van der Waals surface area contributed by atoms with Crippen molar-refractivity contribution in [1.29, 1.82) is 5.26 Å². The molecule has 1 atom stereocenters. The Hall–Kier alpha value is -2.87. The fourth-order valence-electron chi connectivity index (χ4n) is 2.39. The van der Waals surface area contributed by atoms with Crippen LogP contribution in [0.5, 0.6) is 0 Å². The molecule has 0 fully saturated rings. The van der Waals surface area contributed by atoms with Crippen LogP contribution in [0.3, 0.4) is 0 Å². The van der Waals surface area contributed by atoms with Crippen molar-refractivity contribution >= 4 is 0 Å². The third-order valence-corrected chi connectivity index (χ3v) is 3.55. The summed E-state index contributed by atoms with van der Waals surface area (Å²) in [6.45, 7) is 0. The number of aryl methyl sites for hydroxylation is 1. The predicted octanol–water partition coefficient (Wildman–Crippen LogP) is 2.43. The van der Waals surface area contributed by atoms with Crippen molar-refractivity contribution in [2.24, 2.45) is 7.05 Å². The standard InChI is InChI=1S/C16H15N5/c1-20-13(11-17)9-6-10-14(20)16-18-15(19-21(16)2)12-7-4-3-5-8-12/h3-10,14H,1-2H3. The molecule has 0 amide bonds. The quantitative estimate of drug-likeness (QED) is 0.846. The topological polar surface area (TPSA) is 57.7 Å². The fourth-order valence-corrected chi connectivity index (χ4v) is 2.39. The van der Waals surface area contributed by atoms with Crippen LogP contribution >= 0.6 is 0 Å². The number of nitriles is 1. The molecule has 0 N–H and O–H groups in total. The van der Waals surface area contributed by atoms with Gasteiger partial charge in [-0.05, 0) is 6.08 Å². The molecule has 0 saturated heterocycles. The molecule has 0 spiro atoms. The first-order chi connectivity index (χ1) is 10.2. The molecule has 104 valence electrons. The minimum atomic E-state index is -0.0837. The van der Waals surface area contributed by atoms with Gasteiger partial charge in [0.1, 0.15) is 17.8 Å². The summed E-state index contributed by atoms with van der Waals surface area (Å²) < 4.78 is 1.77. The second-order valence-electron chi connectivity index (χ2n) is 4.89. The lowest BCUT2D eigenvalue weighted by atomic mass is 10.1. The highest BCUT2D eigenvalue weighted by molar-refractivity contribution is 5.54. The highest BCUT2D eigenvalue weighted by Gasteiger charge is 2.24. The lowest BCUT2D eigenvalue weighted by Crippen LogP contribution is -2.26. The van der Waals surface area contributed by atoms with Gasteiger partial charge in [-0.25, -0.2) is 4.98 Å². The van der Waals surface area contributed by atoms with E-state index in [2.05, 4.69) is 16.2 Å². The van der Waals surface area contributed by atoms with E-state index in [-0.39, 0.29) is 6.04 Å². The number of rotatable bonds is 2. The average molecular weight is 277 g/mol. The molecule has 1 aliphatic rings. The van der Waals surface area contributed by atoms with Gasteiger partial charge in [0.25, 0.3) is 0 Å². The second-order valence-corrected chi connectivity index (χ2v) is 4.89. The zero-order valence-electron chi connectivity index (χ0n) is 11.9. The molecule has 0 aliphatic carbocycles. The molecule has 1 unspecified atom stereocenters. The predicted molar refractivity (Wildman–Crippen MR) is 79.8 cm³/mol. The van der Waals surface area contributed by atoms with Crippen molar-refractivity contribution in [2.75, 3.05) is 7.05 Å². The maximum Gasteiger partial charge on any atom is 0.181 e. The summed E-state index contributed by atoms with van der Waals surface area (Å²) in [7, 11) is 3.76. The molecular weight excluding hydrogens is 262 g/mol. The Kier molecular flexibility index (Phi) is 3.28. The van der Waals surface area contributed by atoms with E-state index in [0.29, 0.717) is 11.5 Å². The van der Waals surface area contributed by atoms with Crippen LogP contribution in [0.2, 0.25) is 0 Å². The van der Waals surface area contributed by atoms with Crippen molar-refractivity contribution in [3.05, 3.63) is 60.1 Å². The zero-order chi connectivity index (χ0) is 14.8. The number of benzene rings is 1. The van der Waals surface area contributed by atoms with E-state index in [1.54, 1.807) is 10.8 Å². The number of allylic oxidation sites excluding steroid dienone is 3. The van der Waals surface area contributed by atoms with Gasteiger partial charge in [0, 0.05) is 19.7 Å². The molecule has 3 rings (SSSR count). The molecule has 2 aromatic rings. The second kappa shape index (κ2) is 5.25. The summed E-state index contributed by atoms with van der Waals surface area (Å²) in [5, 5.41) is 13.6. The van der Waals surface area contributed by atoms with Crippen LogP contribution in [-0.2, 0) is 7.05 Å². The molecule has 0 bridgehead atoms. The SMILES string of the molecule is CN1C(C#N)=CC=CC1c1nc(-c2ccccc2)nn1C. The van der Waals surface area contributed by atoms with Gasteiger partial charge >= 0.3 is 0 Å². The van der Waals surface area contributed by atoms with Crippen molar-refractivity contribution in [1.82, 2.24) is 19.7 Å². The number of hydrogen-bond donors (Lipinski definition) is 0. The Morgan fingerprint density at radius 3 is 2.67 bits per heavy atom. The maximum absolute atomic E-state index is 9.14. The molecule has 5 heteroatoms. The maximum atomic E-state index is 9.14. The van der Waals surface area contributed by atoms with Gasteiger partial charge in [-0.1, -0.05) is 42.5 Å². The van der Waals surface area contributed by atoms with Crippen LogP contribution in [0.4, 0.5) is 0 Å². The number of likely N-dealkylation sites (N-methyl/N-ethyl adjacent to an activating group) is 1. The first kappa shape index (κ1) is 13.1. The number of aromatic nitrogens is 3. The van der Waals surface area contributed by atoms with Crippen molar-refractivity contribution in [3.8, 4) is 17.5 Å². The summed E-state index contributed by atoms with van der Waals surface area (Å²) in [5.74, 6) is 1.51. The minimum Gasteiger partial charge on any atom is -0.352 e. The van der Waals surface area contributed by atoms with Crippen molar-refractivity contribution in [2.45, 2.75) is 6.04 Å². The van der Waals surface area contributed by atoms with Crippen LogP contribution < -0.4 is 0 Å². The normalized spacial score (nSPS) is 17.5. The minimum absolute atomic E-state index is 0.0837. The van der Waals surface area contributed by atoms with E-state index < -0.39 is 0 Å². The van der Waals surface area contributed by atoms with Gasteiger partial charge in [-0.3, -0.25) is 4.68 Å². The Morgan fingerprint density at radius 2 is 1.95 bits per heavy atom. The van der Waals surface area contributed by atoms with Gasteiger partial charge < -0.3 is 4.90 Å². The van der Waals surface area contributed by atoms with Crippen LogP contribution in [0.15, 0.2) is 54.3 Å². The molecule has 21 heavy (non-hydrogen) atoms. The van der Waals surface area contributed by atoms with Gasteiger partial charge in [0.05, 0.1) is 0 Å². The zero-order valence-corrected chi connectivity index (χ0v) is 11.9.